The number of carbonyl (C=O) groups excluding carboxylic acids is 1. The summed E-state index contributed by atoms with van der Waals surface area (Å²) in [6.45, 7) is 4.37. The van der Waals surface area contributed by atoms with Gasteiger partial charge in [0.05, 0.1) is 0 Å². The van der Waals surface area contributed by atoms with Crippen molar-refractivity contribution in [3.05, 3.63) is 0 Å². The van der Waals surface area contributed by atoms with Gasteiger partial charge in [0.2, 0.25) is 0 Å². The molecule has 0 bridgehead atoms. The molecule has 0 aromatic heterocycles. The Hall–Kier alpha value is -0.370. The van der Waals surface area contributed by atoms with Crippen LogP contribution in [0, 0.1) is 0 Å². The summed E-state index contributed by atoms with van der Waals surface area (Å²) in [5.74, 6) is 0. The molecule has 2 nitrogen and oxygen atoms in total. The molecule has 0 rings (SSSR count). The molecule has 0 aliphatic carbocycles. The number of aldehydes is 1. The molecular formula is C14H29NO. The van der Waals surface area contributed by atoms with E-state index in [9.17, 15) is 4.79 Å². The summed E-state index contributed by atoms with van der Waals surface area (Å²) in [5, 5.41) is 3.37. The molecule has 0 spiro atoms. The lowest BCUT2D eigenvalue weighted by Crippen LogP contribution is -2.16. The molecule has 0 radical (unpaired) electrons. The van der Waals surface area contributed by atoms with Gasteiger partial charge in [0.1, 0.15) is 6.29 Å². The minimum atomic E-state index is 0.699. The van der Waals surface area contributed by atoms with Gasteiger partial charge in [-0.15, -0.1) is 0 Å². The number of rotatable bonds is 13. The topological polar surface area (TPSA) is 29.1 Å². The predicted octanol–water partition coefficient (Wildman–Crippen LogP) is 3.70. The third-order valence-electron chi connectivity index (χ3n) is 2.88. The fourth-order valence-corrected chi connectivity index (χ4v) is 1.82. The summed E-state index contributed by atoms with van der Waals surface area (Å²) in [6.07, 6.45) is 13.7. The third kappa shape index (κ3) is 13.6. The average molecular weight is 227 g/mol. The summed E-state index contributed by atoms with van der Waals surface area (Å²) >= 11 is 0. The van der Waals surface area contributed by atoms with E-state index in [4.69, 9.17) is 0 Å². The van der Waals surface area contributed by atoms with E-state index in [1.807, 2.05) is 0 Å². The smallest absolute Gasteiger partial charge is 0.120 e. The van der Waals surface area contributed by atoms with Gasteiger partial charge in [0.25, 0.3) is 0 Å². The molecule has 0 saturated carbocycles. The Bertz CT molecular complexity index is 137. The monoisotopic (exact) mass is 227 g/mol. The van der Waals surface area contributed by atoms with Crippen molar-refractivity contribution in [1.82, 2.24) is 5.32 Å². The summed E-state index contributed by atoms with van der Waals surface area (Å²) in [7, 11) is 0. The van der Waals surface area contributed by atoms with Gasteiger partial charge in [-0.3, -0.25) is 0 Å². The van der Waals surface area contributed by atoms with Gasteiger partial charge in [0.15, 0.2) is 0 Å². The van der Waals surface area contributed by atoms with E-state index in [0.717, 1.165) is 25.8 Å². The van der Waals surface area contributed by atoms with Gasteiger partial charge in [-0.05, 0) is 25.9 Å². The van der Waals surface area contributed by atoms with Crippen molar-refractivity contribution < 1.29 is 4.79 Å². The molecule has 1 N–H and O–H groups in total. The molecule has 0 unspecified atom stereocenters. The zero-order valence-electron chi connectivity index (χ0n) is 11.0. The van der Waals surface area contributed by atoms with Gasteiger partial charge in [-0.2, -0.15) is 0 Å². The van der Waals surface area contributed by atoms with E-state index in [-0.39, 0.29) is 0 Å². The van der Waals surface area contributed by atoms with Crippen LogP contribution in [-0.2, 0) is 4.79 Å². The third-order valence-corrected chi connectivity index (χ3v) is 2.88. The maximum Gasteiger partial charge on any atom is 0.120 e. The van der Waals surface area contributed by atoms with E-state index >= 15 is 0 Å². The molecule has 16 heavy (non-hydrogen) atoms. The molecule has 0 atom stereocenters. The van der Waals surface area contributed by atoms with Crippen LogP contribution in [0.3, 0.4) is 0 Å². The lowest BCUT2D eigenvalue weighted by atomic mass is 10.1. The Balaban J connectivity index is 2.85. The fourth-order valence-electron chi connectivity index (χ4n) is 1.82. The van der Waals surface area contributed by atoms with Crippen LogP contribution in [0.25, 0.3) is 0 Å². The number of unbranched alkanes of at least 4 members (excludes halogenated alkanes) is 8. The van der Waals surface area contributed by atoms with Gasteiger partial charge in [0, 0.05) is 6.42 Å². The van der Waals surface area contributed by atoms with Crippen LogP contribution in [0.1, 0.15) is 71.1 Å². The first-order valence-electron chi connectivity index (χ1n) is 7.06. The van der Waals surface area contributed by atoms with Crippen molar-refractivity contribution in [2.75, 3.05) is 13.1 Å². The predicted molar refractivity (Wildman–Crippen MR) is 70.8 cm³/mol. The lowest BCUT2D eigenvalue weighted by molar-refractivity contribution is -0.107. The van der Waals surface area contributed by atoms with Crippen LogP contribution < -0.4 is 5.32 Å². The molecular weight excluding hydrogens is 198 g/mol. The number of hydrogen-bond acceptors (Lipinski definition) is 2. The normalized spacial score (nSPS) is 10.6. The summed E-state index contributed by atoms with van der Waals surface area (Å²) < 4.78 is 0. The Kier molecular flexibility index (Phi) is 14.3. The van der Waals surface area contributed by atoms with E-state index in [2.05, 4.69) is 12.2 Å². The summed E-state index contributed by atoms with van der Waals surface area (Å²) in [6, 6.07) is 0. The largest absolute Gasteiger partial charge is 0.317 e. The van der Waals surface area contributed by atoms with Crippen molar-refractivity contribution in [2.45, 2.75) is 71.1 Å². The van der Waals surface area contributed by atoms with Gasteiger partial charge in [-0.1, -0.05) is 51.9 Å². The molecule has 0 aliphatic heterocycles. The van der Waals surface area contributed by atoms with Crippen LogP contribution >= 0.6 is 0 Å². The zero-order chi connectivity index (χ0) is 11.9. The molecule has 0 saturated heterocycles. The summed E-state index contributed by atoms with van der Waals surface area (Å²) in [5.41, 5.74) is 0. The first-order chi connectivity index (χ1) is 7.91. The maximum atomic E-state index is 10.1. The van der Waals surface area contributed by atoms with Crippen molar-refractivity contribution >= 4 is 6.29 Å². The van der Waals surface area contributed by atoms with Crippen LogP contribution in [-0.4, -0.2) is 19.4 Å². The van der Waals surface area contributed by atoms with Crippen LogP contribution in [0.2, 0.25) is 0 Å². The number of nitrogens with one attached hydrogen (secondary N) is 1. The molecule has 0 fully saturated rings. The van der Waals surface area contributed by atoms with Crippen molar-refractivity contribution in [3.8, 4) is 0 Å². The van der Waals surface area contributed by atoms with Gasteiger partial charge < -0.3 is 10.1 Å². The fraction of sp³-hybridized carbons (Fsp3) is 0.929. The first kappa shape index (κ1) is 15.6. The highest BCUT2D eigenvalue weighted by Gasteiger charge is 1.91. The minimum absolute atomic E-state index is 0.699. The first-order valence-corrected chi connectivity index (χ1v) is 7.06. The van der Waals surface area contributed by atoms with E-state index < -0.39 is 0 Å². The Labute approximate surface area is 101 Å². The van der Waals surface area contributed by atoms with Crippen molar-refractivity contribution in [3.63, 3.8) is 0 Å². The number of hydrogen-bond donors (Lipinski definition) is 1. The second-order valence-corrected chi connectivity index (χ2v) is 4.53. The summed E-state index contributed by atoms with van der Waals surface area (Å²) in [4.78, 5) is 10.1. The number of carbonyl (C=O) groups is 1. The lowest BCUT2D eigenvalue weighted by Gasteiger charge is -2.03. The quantitative estimate of drug-likeness (QED) is 0.384. The van der Waals surface area contributed by atoms with Gasteiger partial charge >= 0.3 is 0 Å². The zero-order valence-corrected chi connectivity index (χ0v) is 11.0. The molecule has 0 aromatic rings. The maximum absolute atomic E-state index is 10.1. The Morgan fingerprint density at radius 1 is 0.812 bits per heavy atom. The Morgan fingerprint density at radius 2 is 1.38 bits per heavy atom. The van der Waals surface area contributed by atoms with Crippen LogP contribution in [0.4, 0.5) is 0 Å². The Morgan fingerprint density at radius 3 is 2.00 bits per heavy atom. The van der Waals surface area contributed by atoms with Crippen molar-refractivity contribution in [1.29, 1.82) is 0 Å². The van der Waals surface area contributed by atoms with Crippen LogP contribution in [0.15, 0.2) is 0 Å². The molecule has 96 valence electrons. The second kappa shape index (κ2) is 14.6. The molecule has 2 heteroatoms. The second-order valence-electron chi connectivity index (χ2n) is 4.53. The van der Waals surface area contributed by atoms with E-state index in [1.54, 1.807) is 0 Å². The molecule has 0 aromatic carbocycles. The highest BCUT2D eigenvalue weighted by atomic mass is 16.1. The molecule has 0 aliphatic rings. The molecule has 0 heterocycles. The van der Waals surface area contributed by atoms with E-state index in [0.29, 0.717) is 6.42 Å². The standard InChI is InChI=1S/C14H29NO/c1-2-3-4-5-6-7-8-9-12-15-13-10-11-14-16/h14-15H,2-13H2,1H3. The van der Waals surface area contributed by atoms with Gasteiger partial charge in [-0.25, -0.2) is 0 Å². The highest BCUT2D eigenvalue weighted by Crippen LogP contribution is 2.07. The highest BCUT2D eigenvalue weighted by molar-refractivity contribution is 5.48. The SMILES string of the molecule is CCCCCCCCCCNCCCC=O. The molecule has 0 amide bonds. The minimum Gasteiger partial charge on any atom is -0.317 e. The average Bonchev–Trinajstić information content (AvgIpc) is 2.31. The van der Waals surface area contributed by atoms with E-state index in [1.165, 1.54) is 51.4 Å². The van der Waals surface area contributed by atoms with Crippen molar-refractivity contribution in [2.24, 2.45) is 0 Å². The van der Waals surface area contributed by atoms with Crippen LogP contribution in [0.5, 0.6) is 0 Å².